The van der Waals surface area contributed by atoms with Gasteiger partial charge in [-0.15, -0.1) is 11.3 Å². The summed E-state index contributed by atoms with van der Waals surface area (Å²) in [6.45, 7) is 2.07. The number of carbonyl (C=O) groups is 1. The zero-order valence-corrected chi connectivity index (χ0v) is 11.5. The fourth-order valence-electron chi connectivity index (χ4n) is 1.68. The van der Waals surface area contributed by atoms with Gasteiger partial charge >= 0.3 is 0 Å². The predicted octanol–water partition coefficient (Wildman–Crippen LogP) is 3.63. The molecular weight excluding hydrogens is 256 g/mol. The van der Waals surface area contributed by atoms with Gasteiger partial charge in [0.1, 0.15) is 0 Å². The highest BCUT2D eigenvalue weighted by Gasteiger charge is 2.08. The first-order chi connectivity index (χ1) is 9.22. The van der Waals surface area contributed by atoms with Gasteiger partial charge in [-0.3, -0.25) is 4.79 Å². The molecule has 2 aromatic rings. The lowest BCUT2D eigenvalue weighted by Gasteiger charge is -2.04. The molecule has 0 fully saturated rings. The Kier molecular flexibility index (Phi) is 4.32. The number of hydrogen-bond donors (Lipinski definition) is 1. The van der Waals surface area contributed by atoms with Crippen LogP contribution in [0.25, 0.3) is 0 Å². The number of thiophene rings is 1. The maximum absolute atomic E-state index is 12.0. The molecule has 1 aromatic carbocycles. The molecule has 1 amide bonds. The Morgan fingerprint density at radius 1 is 1.26 bits per heavy atom. The van der Waals surface area contributed by atoms with Crippen molar-refractivity contribution in [3.8, 4) is 6.07 Å². The molecule has 0 saturated heterocycles. The number of carbonyl (C=O) groups excluding carboxylic acids is 1. The van der Waals surface area contributed by atoms with Crippen molar-refractivity contribution < 1.29 is 4.79 Å². The smallest absolute Gasteiger partial charge is 0.265 e. The molecule has 0 saturated carbocycles. The van der Waals surface area contributed by atoms with E-state index in [1.54, 1.807) is 0 Å². The Balaban J connectivity index is 2.04. The first kappa shape index (κ1) is 13.3. The fourth-order valence-corrected chi connectivity index (χ4v) is 2.52. The Hall–Kier alpha value is -2.12. The van der Waals surface area contributed by atoms with E-state index in [2.05, 4.69) is 18.3 Å². The molecule has 96 valence electrons. The lowest BCUT2D eigenvalue weighted by Crippen LogP contribution is -2.09. The van der Waals surface area contributed by atoms with Gasteiger partial charge in [0.25, 0.3) is 5.91 Å². The second kappa shape index (κ2) is 6.17. The van der Waals surface area contributed by atoms with E-state index in [4.69, 9.17) is 5.26 Å². The van der Waals surface area contributed by atoms with Gasteiger partial charge in [0.05, 0.1) is 17.4 Å². The van der Waals surface area contributed by atoms with E-state index in [9.17, 15) is 4.79 Å². The maximum atomic E-state index is 12.0. The number of anilines is 1. The molecule has 1 N–H and O–H groups in total. The van der Waals surface area contributed by atoms with Gasteiger partial charge in [-0.05, 0) is 36.2 Å². The van der Waals surface area contributed by atoms with Crippen LogP contribution in [0.15, 0.2) is 36.4 Å². The highest BCUT2D eigenvalue weighted by molar-refractivity contribution is 7.14. The van der Waals surface area contributed by atoms with Gasteiger partial charge in [0.2, 0.25) is 0 Å². The Bertz CT molecular complexity index is 608. The van der Waals surface area contributed by atoms with Gasteiger partial charge in [0, 0.05) is 10.6 Å². The minimum Gasteiger partial charge on any atom is -0.321 e. The summed E-state index contributed by atoms with van der Waals surface area (Å²) in [6, 6.07) is 13.3. The second-order valence-electron chi connectivity index (χ2n) is 4.11. The van der Waals surface area contributed by atoms with E-state index in [1.807, 2.05) is 36.4 Å². The quantitative estimate of drug-likeness (QED) is 0.922. The number of amides is 1. The van der Waals surface area contributed by atoms with Crippen LogP contribution in [-0.2, 0) is 12.8 Å². The van der Waals surface area contributed by atoms with Crippen molar-refractivity contribution in [3.05, 3.63) is 51.7 Å². The van der Waals surface area contributed by atoms with Crippen molar-refractivity contribution in [1.82, 2.24) is 0 Å². The Labute approximate surface area is 116 Å². The standard InChI is InChI=1S/C15H14N2OS/c1-2-13-7-8-14(19-13)15(18)17-12-5-3-11(4-6-12)9-10-16/h3-8H,2,9H2,1H3,(H,17,18). The number of aryl methyl sites for hydroxylation is 1. The molecule has 0 bridgehead atoms. The van der Waals surface area contributed by atoms with Gasteiger partial charge in [-0.1, -0.05) is 19.1 Å². The van der Waals surface area contributed by atoms with Crippen molar-refractivity contribution in [2.45, 2.75) is 19.8 Å². The lowest BCUT2D eigenvalue weighted by atomic mass is 10.1. The van der Waals surface area contributed by atoms with Crippen LogP contribution in [0, 0.1) is 11.3 Å². The molecule has 0 aliphatic rings. The first-order valence-corrected chi connectivity index (χ1v) is 6.90. The summed E-state index contributed by atoms with van der Waals surface area (Å²) in [5.74, 6) is -0.0854. The van der Waals surface area contributed by atoms with E-state index in [1.165, 1.54) is 16.2 Å². The average Bonchev–Trinajstić information content (AvgIpc) is 2.90. The topological polar surface area (TPSA) is 52.9 Å². The first-order valence-electron chi connectivity index (χ1n) is 6.09. The van der Waals surface area contributed by atoms with Crippen LogP contribution >= 0.6 is 11.3 Å². The van der Waals surface area contributed by atoms with Crippen LogP contribution < -0.4 is 5.32 Å². The van der Waals surface area contributed by atoms with Crippen LogP contribution in [0.3, 0.4) is 0 Å². The van der Waals surface area contributed by atoms with Crippen molar-refractivity contribution in [2.75, 3.05) is 5.32 Å². The highest BCUT2D eigenvalue weighted by atomic mass is 32.1. The molecule has 4 heteroatoms. The van der Waals surface area contributed by atoms with E-state index < -0.39 is 0 Å². The summed E-state index contributed by atoms with van der Waals surface area (Å²) in [5, 5.41) is 11.4. The Morgan fingerprint density at radius 2 is 2.00 bits per heavy atom. The SMILES string of the molecule is CCc1ccc(C(=O)Nc2ccc(CC#N)cc2)s1. The van der Waals surface area contributed by atoms with Gasteiger partial charge in [0.15, 0.2) is 0 Å². The summed E-state index contributed by atoms with van der Waals surface area (Å²) in [4.78, 5) is 13.9. The number of hydrogen-bond acceptors (Lipinski definition) is 3. The largest absolute Gasteiger partial charge is 0.321 e. The maximum Gasteiger partial charge on any atom is 0.265 e. The minimum absolute atomic E-state index is 0.0854. The molecular formula is C15H14N2OS. The van der Waals surface area contributed by atoms with E-state index in [-0.39, 0.29) is 5.91 Å². The van der Waals surface area contributed by atoms with E-state index in [0.717, 1.165) is 22.5 Å². The van der Waals surface area contributed by atoms with Crippen LogP contribution in [-0.4, -0.2) is 5.91 Å². The number of nitrogens with one attached hydrogen (secondary N) is 1. The molecule has 0 radical (unpaired) electrons. The molecule has 0 spiro atoms. The van der Waals surface area contributed by atoms with Crippen LogP contribution in [0.4, 0.5) is 5.69 Å². The summed E-state index contributed by atoms with van der Waals surface area (Å²) in [6.07, 6.45) is 1.33. The van der Waals surface area contributed by atoms with E-state index in [0.29, 0.717) is 6.42 Å². The van der Waals surface area contributed by atoms with Crippen LogP contribution in [0.2, 0.25) is 0 Å². The highest BCUT2D eigenvalue weighted by Crippen LogP contribution is 2.19. The lowest BCUT2D eigenvalue weighted by molar-refractivity contribution is 0.103. The van der Waals surface area contributed by atoms with Crippen molar-refractivity contribution in [2.24, 2.45) is 0 Å². The molecule has 19 heavy (non-hydrogen) atoms. The monoisotopic (exact) mass is 270 g/mol. The molecule has 2 rings (SSSR count). The average molecular weight is 270 g/mol. The molecule has 1 heterocycles. The molecule has 0 atom stereocenters. The fraction of sp³-hybridized carbons (Fsp3) is 0.200. The third-order valence-electron chi connectivity index (χ3n) is 2.73. The molecule has 3 nitrogen and oxygen atoms in total. The van der Waals surface area contributed by atoms with Crippen molar-refractivity contribution in [1.29, 1.82) is 5.26 Å². The number of nitrogens with zero attached hydrogens (tertiary/aromatic N) is 1. The number of benzene rings is 1. The van der Waals surface area contributed by atoms with Gasteiger partial charge < -0.3 is 5.32 Å². The minimum atomic E-state index is -0.0854. The zero-order valence-electron chi connectivity index (χ0n) is 10.6. The van der Waals surface area contributed by atoms with Crippen LogP contribution in [0.1, 0.15) is 27.0 Å². The van der Waals surface area contributed by atoms with Gasteiger partial charge in [-0.25, -0.2) is 0 Å². The molecule has 0 aliphatic carbocycles. The Morgan fingerprint density at radius 3 is 2.58 bits per heavy atom. The molecule has 0 aliphatic heterocycles. The van der Waals surface area contributed by atoms with E-state index >= 15 is 0 Å². The summed E-state index contributed by atoms with van der Waals surface area (Å²) in [7, 11) is 0. The summed E-state index contributed by atoms with van der Waals surface area (Å²) < 4.78 is 0. The zero-order chi connectivity index (χ0) is 13.7. The third-order valence-corrected chi connectivity index (χ3v) is 3.96. The summed E-state index contributed by atoms with van der Waals surface area (Å²) in [5.41, 5.74) is 1.70. The molecule has 1 aromatic heterocycles. The van der Waals surface area contributed by atoms with Crippen molar-refractivity contribution in [3.63, 3.8) is 0 Å². The number of rotatable bonds is 4. The third kappa shape index (κ3) is 3.43. The second-order valence-corrected chi connectivity index (χ2v) is 5.27. The normalized spacial score (nSPS) is 9.89. The summed E-state index contributed by atoms with van der Waals surface area (Å²) >= 11 is 1.52. The van der Waals surface area contributed by atoms with Crippen molar-refractivity contribution >= 4 is 22.9 Å². The van der Waals surface area contributed by atoms with Gasteiger partial charge in [-0.2, -0.15) is 5.26 Å². The van der Waals surface area contributed by atoms with Crippen LogP contribution in [0.5, 0.6) is 0 Å². The number of nitriles is 1. The molecule has 0 unspecified atom stereocenters. The predicted molar refractivity (Wildman–Crippen MR) is 77.4 cm³/mol.